The van der Waals surface area contributed by atoms with Crippen molar-refractivity contribution >= 4 is 46.4 Å². The number of carboxylic acids is 1. The molecule has 0 aromatic heterocycles. The molecule has 0 bridgehead atoms. The van der Waals surface area contributed by atoms with E-state index in [1.165, 1.54) is 30.0 Å². The molecule has 1 aliphatic rings. The van der Waals surface area contributed by atoms with E-state index in [1.807, 2.05) is 19.9 Å². The van der Waals surface area contributed by atoms with Crippen molar-refractivity contribution in [2.75, 3.05) is 6.54 Å². The average Bonchev–Trinajstić information content (AvgIpc) is 3.06. The molecular weight excluding hydrogens is 444 g/mol. The molecule has 0 spiro atoms. The first kappa shape index (κ1) is 24.1. The van der Waals surface area contributed by atoms with Crippen molar-refractivity contribution in [2.24, 2.45) is 4.99 Å². The summed E-state index contributed by atoms with van der Waals surface area (Å²) in [6, 6.07) is 11.1. The Labute approximate surface area is 195 Å². The van der Waals surface area contributed by atoms with Crippen molar-refractivity contribution in [1.82, 2.24) is 4.90 Å². The van der Waals surface area contributed by atoms with Crippen molar-refractivity contribution in [3.63, 3.8) is 0 Å². The molecule has 1 amide bonds. The molecule has 0 saturated carbocycles. The summed E-state index contributed by atoms with van der Waals surface area (Å²) < 4.78 is 5.89. The predicted molar refractivity (Wildman–Crippen MR) is 127 cm³/mol. The number of nitrogens with zero attached hydrogens (tertiary/aromatic N) is 2. The van der Waals surface area contributed by atoms with Crippen molar-refractivity contribution in [3.8, 4) is 11.5 Å². The Morgan fingerprint density at radius 3 is 2.55 bits per heavy atom. The monoisotopic (exact) mass is 468 g/mol. The van der Waals surface area contributed by atoms with Crippen LogP contribution in [0.25, 0.3) is 6.08 Å². The summed E-state index contributed by atoms with van der Waals surface area (Å²) in [5, 5.41) is 19.4. The summed E-state index contributed by atoms with van der Waals surface area (Å²) in [6.07, 6.45) is 1.66. The van der Waals surface area contributed by atoms with E-state index < -0.39 is 17.8 Å². The number of para-hydroxylation sites is 1. The van der Waals surface area contributed by atoms with Gasteiger partial charge in [-0.25, -0.2) is 9.79 Å². The molecule has 1 saturated heterocycles. The van der Waals surface area contributed by atoms with E-state index in [9.17, 15) is 19.5 Å². The predicted octanol–water partition coefficient (Wildman–Crippen LogP) is 4.46. The highest BCUT2D eigenvalue weighted by atomic mass is 32.2. The van der Waals surface area contributed by atoms with E-state index in [1.54, 1.807) is 24.3 Å². The maximum atomic E-state index is 13.0. The molecule has 1 fully saturated rings. The summed E-state index contributed by atoms with van der Waals surface area (Å²) in [6.45, 7) is 5.54. The average molecular weight is 469 g/mol. The van der Waals surface area contributed by atoms with Gasteiger partial charge in [-0.3, -0.25) is 14.5 Å². The topological polar surface area (TPSA) is 116 Å². The Morgan fingerprint density at radius 1 is 1.21 bits per heavy atom. The molecule has 0 radical (unpaired) electrons. The van der Waals surface area contributed by atoms with Crippen LogP contribution >= 0.6 is 11.8 Å². The molecule has 33 heavy (non-hydrogen) atoms. The van der Waals surface area contributed by atoms with Crippen LogP contribution in [0, 0.1) is 0 Å². The number of ketones is 1. The molecule has 172 valence electrons. The molecule has 1 aliphatic heterocycles. The van der Waals surface area contributed by atoms with Crippen LogP contribution in [-0.4, -0.2) is 50.6 Å². The van der Waals surface area contributed by atoms with Crippen LogP contribution in [0.5, 0.6) is 11.5 Å². The number of carbonyl (C=O) groups is 3. The second-order valence-electron chi connectivity index (χ2n) is 7.22. The number of thioether (sulfide) groups is 1. The number of hydrogen-bond donors (Lipinski definition) is 2. The van der Waals surface area contributed by atoms with Crippen LogP contribution in [0.2, 0.25) is 0 Å². The summed E-state index contributed by atoms with van der Waals surface area (Å²) in [5.41, 5.74) is 0.756. The van der Waals surface area contributed by atoms with Gasteiger partial charge in [0.05, 0.1) is 10.6 Å². The molecule has 0 aliphatic carbocycles. The van der Waals surface area contributed by atoms with Crippen molar-refractivity contribution in [1.29, 1.82) is 0 Å². The molecule has 1 unspecified atom stereocenters. The largest absolute Gasteiger partial charge is 0.507 e. The maximum Gasteiger partial charge on any atom is 0.339 e. The SMILES string of the molecule is CCC(Oc1ccccc1/C=C1\SC(=Nc2ccc(C(=O)O)c(O)c2)N(CC)C1=O)C(C)=O. The van der Waals surface area contributed by atoms with Gasteiger partial charge in [0.15, 0.2) is 17.1 Å². The van der Waals surface area contributed by atoms with Gasteiger partial charge in [-0.15, -0.1) is 0 Å². The van der Waals surface area contributed by atoms with Crippen LogP contribution in [0.1, 0.15) is 43.1 Å². The number of amidine groups is 1. The van der Waals surface area contributed by atoms with Gasteiger partial charge < -0.3 is 14.9 Å². The Hall–Kier alpha value is -3.59. The number of carboxylic acid groups (broad SMARTS) is 1. The fourth-order valence-corrected chi connectivity index (χ4v) is 4.26. The zero-order valence-electron chi connectivity index (χ0n) is 18.4. The quantitative estimate of drug-likeness (QED) is 0.549. The highest BCUT2D eigenvalue weighted by Gasteiger charge is 2.32. The highest BCUT2D eigenvalue weighted by molar-refractivity contribution is 8.18. The Kier molecular flexibility index (Phi) is 7.55. The normalized spacial score (nSPS) is 16.9. The number of aromatic carboxylic acids is 1. The number of ether oxygens (including phenoxy) is 1. The van der Waals surface area contributed by atoms with E-state index >= 15 is 0 Å². The van der Waals surface area contributed by atoms with Crippen molar-refractivity contribution in [3.05, 3.63) is 58.5 Å². The fraction of sp³-hybridized carbons (Fsp3) is 0.250. The summed E-state index contributed by atoms with van der Waals surface area (Å²) >= 11 is 1.16. The molecule has 3 rings (SSSR count). The van der Waals surface area contributed by atoms with Crippen LogP contribution in [0.3, 0.4) is 0 Å². The molecule has 1 heterocycles. The van der Waals surface area contributed by atoms with Gasteiger partial charge in [-0.1, -0.05) is 25.1 Å². The molecular formula is C24H24N2O6S. The molecule has 9 heteroatoms. The lowest BCUT2D eigenvalue weighted by molar-refractivity contribution is -0.124. The van der Waals surface area contributed by atoms with E-state index in [0.29, 0.717) is 40.0 Å². The Morgan fingerprint density at radius 2 is 1.94 bits per heavy atom. The van der Waals surface area contributed by atoms with Crippen LogP contribution in [0.15, 0.2) is 52.4 Å². The third-order valence-electron chi connectivity index (χ3n) is 4.94. The number of hydrogen-bond acceptors (Lipinski definition) is 7. The lowest BCUT2D eigenvalue weighted by Gasteiger charge is -2.16. The van der Waals surface area contributed by atoms with E-state index in [4.69, 9.17) is 9.84 Å². The minimum atomic E-state index is -1.24. The number of aromatic hydroxyl groups is 1. The highest BCUT2D eigenvalue weighted by Crippen LogP contribution is 2.36. The molecule has 2 aromatic rings. The Bertz CT molecular complexity index is 1160. The number of Topliss-reactive ketones (excluding diaryl/α,β-unsaturated/α-hetero) is 1. The van der Waals surface area contributed by atoms with Gasteiger partial charge in [0.25, 0.3) is 5.91 Å². The van der Waals surface area contributed by atoms with Crippen molar-refractivity contribution < 1.29 is 29.3 Å². The summed E-state index contributed by atoms with van der Waals surface area (Å²) in [4.78, 5) is 42.2. The number of benzene rings is 2. The smallest absolute Gasteiger partial charge is 0.339 e. The summed E-state index contributed by atoms with van der Waals surface area (Å²) in [5.74, 6) is -1.45. The second-order valence-corrected chi connectivity index (χ2v) is 8.23. The van der Waals surface area contributed by atoms with E-state index in [2.05, 4.69) is 4.99 Å². The zero-order valence-corrected chi connectivity index (χ0v) is 19.3. The first-order valence-corrected chi connectivity index (χ1v) is 11.2. The number of likely N-dealkylation sites (N-methyl/N-ethyl adjacent to an activating group) is 1. The van der Waals surface area contributed by atoms with Crippen LogP contribution < -0.4 is 4.74 Å². The number of rotatable bonds is 8. The van der Waals surface area contributed by atoms with Crippen molar-refractivity contribution in [2.45, 2.75) is 33.3 Å². The second kappa shape index (κ2) is 10.4. The van der Waals surface area contributed by atoms with Gasteiger partial charge >= 0.3 is 5.97 Å². The number of amides is 1. The van der Waals surface area contributed by atoms with E-state index in [-0.39, 0.29) is 17.3 Å². The number of aliphatic imine (C=N–C) groups is 1. The number of phenols is 1. The van der Waals surface area contributed by atoms with Crippen LogP contribution in [-0.2, 0) is 9.59 Å². The minimum Gasteiger partial charge on any atom is -0.507 e. The number of carbonyl (C=O) groups excluding carboxylic acids is 2. The standard InChI is InChI=1S/C24H24N2O6S/c1-4-19(14(3)27)32-20-9-7-6-8-15(20)12-21-22(29)26(5-2)24(33-21)25-16-10-11-17(23(30)31)18(28)13-16/h6-13,19,28H,4-5H2,1-3H3,(H,30,31)/b21-12-,25-24?. The molecule has 1 atom stereocenters. The van der Waals surface area contributed by atoms with Crippen LogP contribution in [0.4, 0.5) is 5.69 Å². The third-order valence-corrected chi connectivity index (χ3v) is 5.95. The molecule has 2 aromatic carbocycles. The van der Waals surface area contributed by atoms with Gasteiger partial charge in [-0.2, -0.15) is 0 Å². The first-order valence-electron chi connectivity index (χ1n) is 10.4. The third kappa shape index (κ3) is 5.43. The van der Waals surface area contributed by atoms with Gasteiger partial charge in [0, 0.05) is 18.2 Å². The fourth-order valence-electron chi connectivity index (χ4n) is 3.21. The minimum absolute atomic E-state index is 0.0741. The van der Waals surface area contributed by atoms with E-state index in [0.717, 1.165) is 11.8 Å². The zero-order chi connectivity index (χ0) is 24.1. The molecule has 8 nitrogen and oxygen atoms in total. The van der Waals surface area contributed by atoms with Gasteiger partial charge in [0.2, 0.25) is 0 Å². The summed E-state index contributed by atoms with van der Waals surface area (Å²) in [7, 11) is 0. The Balaban J connectivity index is 1.93. The van der Waals surface area contributed by atoms with Gasteiger partial charge in [-0.05, 0) is 56.3 Å². The first-order chi connectivity index (χ1) is 15.7. The molecule has 2 N–H and O–H groups in total. The maximum absolute atomic E-state index is 13.0. The van der Waals surface area contributed by atoms with Gasteiger partial charge in [0.1, 0.15) is 17.1 Å². The lowest BCUT2D eigenvalue weighted by atomic mass is 10.1. The lowest BCUT2D eigenvalue weighted by Crippen LogP contribution is -2.28.